The summed E-state index contributed by atoms with van der Waals surface area (Å²) in [6.45, 7) is 4.27. The number of urea groups is 1. The van der Waals surface area contributed by atoms with Crippen molar-refractivity contribution in [3.63, 3.8) is 0 Å². The highest BCUT2D eigenvalue weighted by Gasteiger charge is 2.09. The lowest BCUT2D eigenvalue weighted by atomic mass is 10.2. The SMILES string of the molecule is COC[C@@H](C)NC(=O)Nc1ccc(Oc2ccc(C)cc2OC)nc1. The molecule has 0 unspecified atom stereocenters. The number of carbonyl (C=O) groups excluding carboxylic acids is 1. The first-order valence-electron chi connectivity index (χ1n) is 7.87. The first-order chi connectivity index (χ1) is 12.0. The van der Waals surface area contributed by atoms with Gasteiger partial charge in [-0.3, -0.25) is 0 Å². The molecule has 0 radical (unpaired) electrons. The summed E-state index contributed by atoms with van der Waals surface area (Å²) in [5.41, 5.74) is 1.63. The van der Waals surface area contributed by atoms with Crippen LogP contribution in [0.5, 0.6) is 17.4 Å². The van der Waals surface area contributed by atoms with Gasteiger partial charge in [0.2, 0.25) is 5.88 Å². The van der Waals surface area contributed by atoms with Crippen LogP contribution in [0.4, 0.5) is 10.5 Å². The van der Waals surface area contributed by atoms with Gasteiger partial charge < -0.3 is 24.8 Å². The van der Waals surface area contributed by atoms with Gasteiger partial charge in [0.15, 0.2) is 11.5 Å². The monoisotopic (exact) mass is 345 g/mol. The fourth-order valence-electron chi connectivity index (χ4n) is 2.17. The molecule has 2 aromatic rings. The topological polar surface area (TPSA) is 81.7 Å². The average Bonchev–Trinajstić information content (AvgIpc) is 2.58. The standard InChI is InChI=1S/C18H23N3O4/c1-12-5-7-15(16(9-12)24-4)25-17-8-6-14(10-19-17)21-18(22)20-13(2)11-23-3/h5-10,13H,11H2,1-4H3,(H2,20,21,22)/t13-/m1/s1. The van der Waals surface area contributed by atoms with Gasteiger partial charge in [-0.2, -0.15) is 0 Å². The summed E-state index contributed by atoms with van der Waals surface area (Å²) in [5.74, 6) is 1.61. The van der Waals surface area contributed by atoms with Crippen LogP contribution < -0.4 is 20.1 Å². The van der Waals surface area contributed by atoms with E-state index in [9.17, 15) is 4.79 Å². The van der Waals surface area contributed by atoms with Gasteiger partial charge in [0.05, 0.1) is 31.6 Å². The predicted molar refractivity (Wildman–Crippen MR) is 95.5 cm³/mol. The first kappa shape index (κ1) is 18.5. The summed E-state index contributed by atoms with van der Waals surface area (Å²) in [7, 11) is 3.17. The average molecular weight is 345 g/mol. The maximum absolute atomic E-state index is 11.8. The summed E-state index contributed by atoms with van der Waals surface area (Å²) in [6, 6.07) is 8.62. The Morgan fingerprint density at radius 1 is 1.20 bits per heavy atom. The molecular formula is C18H23N3O4. The molecule has 7 heteroatoms. The molecule has 134 valence electrons. The minimum Gasteiger partial charge on any atom is -0.493 e. The fraction of sp³-hybridized carbons (Fsp3) is 0.333. The number of carbonyl (C=O) groups is 1. The van der Waals surface area contributed by atoms with Crippen molar-refractivity contribution in [3.8, 4) is 17.4 Å². The van der Waals surface area contributed by atoms with Crippen molar-refractivity contribution < 1.29 is 19.0 Å². The Morgan fingerprint density at radius 2 is 2.00 bits per heavy atom. The Morgan fingerprint density at radius 3 is 2.64 bits per heavy atom. The largest absolute Gasteiger partial charge is 0.493 e. The third-order valence-electron chi connectivity index (χ3n) is 3.32. The lowest BCUT2D eigenvalue weighted by Crippen LogP contribution is -2.38. The van der Waals surface area contributed by atoms with Gasteiger partial charge in [-0.25, -0.2) is 9.78 Å². The Bertz CT molecular complexity index is 704. The van der Waals surface area contributed by atoms with Crippen LogP contribution in [-0.2, 0) is 4.74 Å². The number of hydrogen-bond donors (Lipinski definition) is 2. The van der Waals surface area contributed by atoms with Crippen molar-refractivity contribution >= 4 is 11.7 Å². The van der Waals surface area contributed by atoms with E-state index in [1.165, 1.54) is 6.20 Å². The molecule has 0 aliphatic heterocycles. The van der Waals surface area contributed by atoms with E-state index in [1.54, 1.807) is 26.4 Å². The van der Waals surface area contributed by atoms with Gasteiger partial charge in [0.1, 0.15) is 0 Å². The zero-order valence-electron chi connectivity index (χ0n) is 14.8. The van der Waals surface area contributed by atoms with Crippen LogP contribution >= 0.6 is 0 Å². The lowest BCUT2D eigenvalue weighted by Gasteiger charge is -2.14. The van der Waals surface area contributed by atoms with Crippen molar-refractivity contribution in [2.45, 2.75) is 19.9 Å². The maximum atomic E-state index is 11.8. The van der Waals surface area contributed by atoms with Crippen LogP contribution in [0.25, 0.3) is 0 Å². The van der Waals surface area contributed by atoms with Gasteiger partial charge in [0.25, 0.3) is 0 Å². The summed E-state index contributed by atoms with van der Waals surface area (Å²) < 4.78 is 16.0. The maximum Gasteiger partial charge on any atom is 0.319 e. The Kier molecular flexibility index (Phi) is 6.59. The number of amides is 2. The number of hydrogen-bond acceptors (Lipinski definition) is 5. The van der Waals surface area contributed by atoms with E-state index >= 15 is 0 Å². The molecule has 2 N–H and O–H groups in total. The van der Waals surface area contributed by atoms with E-state index in [4.69, 9.17) is 14.2 Å². The van der Waals surface area contributed by atoms with Crippen LogP contribution in [0.2, 0.25) is 0 Å². The molecule has 1 atom stereocenters. The molecular weight excluding hydrogens is 322 g/mol. The van der Waals surface area contributed by atoms with Crippen LogP contribution in [0.3, 0.4) is 0 Å². The Balaban J connectivity index is 1.97. The molecule has 25 heavy (non-hydrogen) atoms. The number of rotatable bonds is 7. The van der Waals surface area contributed by atoms with E-state index in [1.807, 2.05) is 32.0 Å². The minimum atomic E-state index is -0.319. The van der Waals surface area contributed by atoms with Crippen LogP contribution in [0.1, 0.15) is 12.5 Å². The van der Waals surface area contributed by atoms with Gasteiger partial charge in [-0.05, 0) is 37.6 Å². The summed E-state index contributed by atoms with van der Waals surface area (Å²) in [4.78, 5) is 16.0. The summed E-state index contributed by atoms with van der Waals surface area (Å²) >= 11 is 0. The van der Waals surface area contributed by atoms with Crippen LogP contribution in [0.15, 0.2) is 36.5 Å². The third-order valence-corrected chi connectivity index (χ3v) is 3.32. The molecule has 0 aliphatic rings. The molecule has 0 bridgehead atoms. The van der Waals surface area contributed by atoms with E-state index in [0.29, 0.717) is 29.7 Å². The zero-order valence-corrected chi connectivity index (χ0v) is 14.8. The number of anilines is 1. The quantitative estimate of drug-likeness (QED) is 0.804. The predicted octanol–water partition coefficient (Wildman–Crippen LogP) is 3.35. The number of ether oxygens (including phenoxy) is 3. The van der Waals surface area contributed by atoms with E-state index in [2.05, 4.69) is 15.6 Å². The number of benzene rings is 1. The third kappa shape index (κ3) is 5.65. The normalized spacial score (nSPS) is 11.5. The smallest absolute Gasteiger partial charge is 0.319 e. The van der Waals surface area contributed by atoms with Gasteiger partial charge in [-0.15, -0.1) is 0 Å². The van der Waals surface area contributed by atoms with Crippen molar-refractivity contribution in [1.29, 1.82) is 0 Å². The molecule has 2 rings (SSSR count). The lowest BCUT2D eigenvalue weighted by molar-refractivity contribution is 0.173. The molecule has 2 amide bonds. The number of nitrogens with zero attached hydrogens (tertiary/aromatic N) is 1. The minimum absolute atomic E-state index is 0.0884. The van der Waals surface area contributed by atoms with Gasteiger partial charge in [-0.1, -0.05) is 6.07 Å². The number of pyridine rings is 1. The second-order valence-corrected chi connectivity index (χ2v) is 5.60. The molecule has 0 saturated carbocycles. The molecule has 1 aromatic carbocycles. The first-order valence-corrected chi connectivity index (χ1v) is 7.87. The molecule has 0 spiro atoms. The van der Waals surface area contributed by atoms with Crippen LogP contribution in [0, 0.1) is 6.92 Å². The van der Waals surface area contributed by atoms with E-state index in [-0.39, 0.29) is 12.1 Å². The van der Waals surface area contributed by atoms with E-state index < -0.39 is 0 Å². The van der Waals surface area contributed by atoms with Crippen molar-refractivity contribution in [3.05, 3.63) is 42.1 Å². The Labute approximate surface area is 147 Å². The number of aromatic nitrogens is 1. The molecule has 7 nitrogen and oxygen atoms in total. The van der Waals surface area contributed by atoms with E-state index in [0.717, 1.165) is 5.56 Å². The van der Waals surface area contributed by atoms with Gasteiger partial charge >= 0.3 is 6.03 Å². The van der Waals surface area contributed by atoms with Gasteiger partial charge in [0, 0.05) is 13.2 Å². The van der Waals surface area contributed by atoms with Crippen LogP contribution in [-0.4, -0.2) is 37.9 Å². The highest BCUT2D eigenvalue weighted by atomic mass is 16.5. The van der Waals surface area contributed by atoms with Crippen molar-refractivity contribution in [2.75, 3.05) is 26.1 Å². The summed E-state index contributed by atoms with van der Waals surface area (Å²) in [6.07, 6.45) is 1.52. The molecule has 0 fully saturated rings. The highest BCUT2D eigenvalue weighted by molar-refractivity contribution is 5.89. The second-order valence-electron chi connectivity index (χ2n) is 5.60. The fourth-order valence-corrected chi connectivity index (χ4v) is 2.17. The summed E-state index contributed by atoms with van der Waals surface area (Å²) in [5, 5.41) is 5.46. The number of aryl methyl sites for hydroxylation is 1. The molecule has 0 aliphatic carbocycles. The highest BCUT2D eigenvalue weighted by Crippen LogP contribution is 2.31. The zero-order chi connectivity index (χ0) is 18.2. The molecule has 1 heterocycles. The Hall–Kier alpha value is -2.80. The number of methoxy groups -OCH3 is 2. The van der Waals surface area contributed by atoms with Crippen molar-refractivity contribution in [1.82, 2.24) is 10.3 Å². The van der Waals surface area contributed by atoms with Crippen molar-refractivity contribution in [2.24, 2.45) is 0 Å². The molecule has 1 aromatic heterocycles. The second kappa shape index (κ2) is 8.89. The molecule has 0 saturated heterocycles. The number of nitrogens with one attached hydrogen (secondary N) is 2.